The molecule has 1 fully saturated rings. The summed E-state index contributed by atoms with van der Waals surface area (Å²) in [6.45, 7) is 2.88. The van der Waals surface area contributed by atoms with Gasteiger partial charge in [0.1, 0.15) is 0 Å². The van der Waals surface area contributed by atoms with Crippen LogP contribution in [0, 0.1) is 0 Å². The number of benzene rings is 1. The SMILES string of the molecule is C[C@@H](NC(=O)C1CCCN1)c1ccccc1Cl. The molecule has 1 saturated heterocycles. The molecule has 3 nitrogen and oxygen atoms in total. The first kappa shape index (κ1) is 12.4. The summed E-state index contributed by atoms with van der Waals surface area (Å²) in [7, 11) is 0. The lowest BCUT2D eigenvalue weighted by atomic mass is 10.1. The monoisotopic (exact) mass is 252 g/mol. The highest BCUT2D eigenvalue weighted by atomic mass is 35.5. The number of carbonyl (C=O) groups excluding carboxylic acids is 1. The standard InChI is InChI=1S/C13H17ClN2O/c1-9(10-5-2-3-6-11(10)14)16-13(17)12-7-4-8-15-12/h2-3,5-6,9,12,15H,4,7-8H2,1H3,(H,16,17)/t9-,12?/m1/s1. The van der Waals surface area contributed by atoms with Crippen LogP contribution in [-0.4, -0.2) is 18.5 Å². The van der Waals surface area contributed by atoms with E-state index < -0.39 is 0 Å². The molecule has 2 rings (SSSR count). The number of hydrogen-bond acceptors (Lipinski definition) is 2. The van der Waals surface area contributed by atoms with Gasteiger partial charge in [-0.25, -0.2) is 0 Å². The zero-order valence-electron chi connectivity index (χ0n) is 9.87. The van der Waals surface area contributed by atoms with Crippen LogP contribution in [0.5, 0.6) is 0 Å². The molecule has 2 N–H and O–H groups in total. The Morgan fingerprint density at radius 2 is 2.29 bits per heavy atom. The van der Waals surface area contributed by atoms with Crippen molar-refractivity contribution < 1.29 is 4.79 Å². The quantitative estimate of drug-likeness (QED) is 0.867. The van der Waals surface area contributed by atoms with Gasteiger partial charge in [-0.05, 0) is 37.9 Å². The summed E-state index contributed by atoms with van der Waals surface area (Å²) in [4.78, 5) is 11.9. The van der Waals surface area contributed by atoms with Gasteiger partial charge in [0.2, 0.25) is 5.91 Å². The fourth-order valence-electron chi connectivity index (χ4n) is 2.13. The molecule has 1 aromatic rings. The molecule has 1 unspecified atom stereocenters. The molecular formula is C13H17ClN2O. The zero-order chi connectivity index (χ0) is 12.3. The van der Waals surface area contributed by atoms with E-state index >= 15 is 0 Å². The van der Waals surface area contributed by atoms with Crippen LogP contribution in [0.25, 0.3) is 0 Å². The number of nitrogens with one attached hydrogen (secondary N) is 2. The van der Waals surface area contributed by atoms with Crippen LogP contribution in [0.1, 0.15) is 31.4 Å². The highest BCUT2D eigenvalue weighted by molar-refractivity contribution is 6.31. The number of hydrogen-bond donors (Lipinski definition) is 2. The van der Waals surface area contributed by atoms with Gasteiger partial charge in [0.15, 0.2) is 0 Å². The van der Waals surface area contributed by atoms with E-state index in [1.165, 1.54) is 0 Å². The molecule has 0 aliphatic carbocycles. The van der Waals surface area contributed by atoms with Crippen LogP contribution in [-0.2, 0) is 4.79 Å². The van der Waals surface area contributed by atoms with E-state index in [-0.39, 0.29) is 18.0 Å². The van der Waals surface area contributed by atoms with Crippen molar-refractivity contribution in [2.24, 2.45) is 0 Å². The second kappa shape index (κ2) is 5.52. The second-order valence-electron chi connectivity index (χ2n) is 4.40. The van der Waals surface area contributed by atoms with E-state index in [9.17, 15) is 4.79 Å². The second-order valence-corrected chi connectivity index (χ2v) is 4.81. The zero-order valence-corrected chi connectivity index (χ0v) is 10.6. The molecule has 4 heteroatoms. The van der Waals surface area contributed by atoms with Crippen molar-refractivity contribution in [2.75, 3.05) is 6.54 Å². The van der Waals surface area contributed by atoms with Crippen molar-refractivity contribution in [2.45, 2.75) is 31.8 Å². The third kappa shape index (κ3) is 2.99. The first-order valence-electron chi connectivity index (χ1n) is 5.96. The van der Waals surface area contributed by atoms with Crippen molar-refractivity contribution in [3.05, 3.63) is 34.9 Å². The van der Waals surface area contributed by atoms with E-state index in [1.54, 1.807) is 0 Å². The van der Waals surface area contributed by atoms with Gasteiger partial charge in [0, 0.05) is 5.02 Å². The lowest BCUT2D eigenvalue weighted by Crippen LogP contribution is -2.41. The summed E-state index contributed by atoms with van der Waals surface area (Å²) >= 11 is 6.10. The fourth-order valence-corrected chi connectivity index (χ4v) is 2.43. The maximum atomic E-state index is 11.9. The van der Waals surface area contributed by atoms with Crippen molar-refractivity contribution in [3.63, 3.8) is 0 Å². The molecule has 1 amide bonds. The highest BCUT2D eigenvalue weighted by Gasteiger charge is 2.23. The van der Waals surface area contributed by atoms with Gasteiger partial charge in [0.05, 0.1) is 12.1 Å². The van der Waals surface area contributed by atoms with Crippen molar-refractivity contribution >= 4 is 17.5 Å². The van der Waals surface area contributed by atoms with E-state index in [0.717, 1.165) is 24.9 Å². The van der Waals surface area contributed by atoms with Crippen molar-refractivity contribution in [3.8, 4) is 0 Å². The normalized spacial score (nSPS) is 21.2. The van der Waals surface area contributed by atoms with Gasteiger partial charge >= 0.3 is 0 Å². The molecular weight excluding hydrogens is 236 g/mol. The molecule has 17 heavy (non-hydrogen) atoms. The Morgan fingerprint density at radius 3 is 2.94 bits per heavy atom. The molecule has 1 heterocycles. The topological polar surface area (TPSA) is 41.1 Å². The van der Waals surface area contributed by atoms with Crippen LogP contribution in [0.2, 0.25) is 5.02 Å². The summed E-state index contributed by atoms with van der Waals surface area (Å²) in [5.74, 6) is 0.0647. The summed E-state index contributed by atoms with van der Waals surface area (Å²) in [6, 6.07) is 7.50. The average Bonchev–Trinajstić information content (AvgIpc) is 2.82. The molecule has 0 radical (unpaired) electrons. The van der Waals surface area contributed by atoms with Crippen molar-refractivity contribution in [1.82, 2.24) is 10.6 Å². The number of rotatable bonds is 3. The van der Waals surface area contributed by atoms with Gasteiger partial charge in [-0.1, -0.05) is 29.8 Å². The molecule has 0 saturated carbocycles. The van der Waals surface area contributed by atoms with Crippen LogP contribution >= 0.6 is 11.6 Å². The van der Waals surface area contributed by atoms with Crippen LogP contribution in [0.3, 0.4) is 0 Å². The molecule has 92 valence electrons. The summed E-state index contributed by atoms with van der Waals surface area (Å²) < 4.78 is 0. The lowest BCUT2D eigenvalue weighted by Gasteiger charge is -2.18. The summed E-state index contributed by atoms with van der Waals surface area (Å²) in [5.41, 5.74) is 0.959. The summed E-state index contributed by atoms with van der Waals surface area (Å²) in [5, 5.41) is 6.87. The Bertz CT molecular complexity index is 402. The molecule has 0 spiro atoms. The van der Waals surface area contributed by atoms with Crippen LogP contribution in [0.4, 0.5) is 0 Å². The molecule has 1 aliphatic heterocycles. The van der Waals surface area contributed by atoms with Crippen LogP contribution < -0.4 is 10.6 Å². The van der Waals surface area contributed by atoms with Crippen molar-refractivity contribution in [1.29, 1.82) is 0 Å². The maximum absolute atomic E-state index is 11.9. The Morgan fingerprint density at radius 1 is 1.53 bits per heavy atom. The van der Waals surface area contributed by atoms with Gasteiger partial charge in [-0.2, -0.15) is 0 Å². The molecule has 0 bridgehead atoms. The Hall–Kier alpha value is -1.06. The molecule has 0 aromatic heterocycles. The minimum atomic E-state index is -0.0569. The van der Waals surface area contributed by atoms with E-state index in [4.69, 9.17) is 11.6 Å². The van der Waals surface area contributed by atoms with E-state index in [2.05, 4.69) is 10.6 Å². The minimum Gasteiger partial charge on any atom is -0.348 e. The minimum absolute atomic E-state index is 0.0417. The molecule has 1 aromatic carbocycles. The third-order valence-electron chi connectivity index (χ3n) is 3.11. The highest BCUT2D eigenvalue weighted by Crippen LogP contribution is 2.22. The Kier molecular flexibility index (Phi) is 4.02. The predicted octanol–water partition coefficient (Wildman–Crippen LogP) is 2.27. The van der Waals surface area contributed by atoms with Gasteiger partial charge in [-0.3, -0.25) is 4.79 Å². The summed E-state index contributed by atoms with van der Waals surface area (Å²) in [6.07, 6.45) is 1.99. The third-order valence-corrected chi connectivity index (χ3v) is 3.45. The van der Waals surface area contributed by atoms with Gasteiger partial charge in [0.25, 0.3) is 0 Å². The average molecular weight is 253 g/mol. The van der Waals surface area contributed by atoms with Crippen LogP contribution in [0.15, 0.2) is 24.3 Å². The van der Waals surface area contributed by atoms with Gasteiger partial charge in [-0.15, -0.1) is 0 Å². The first-order valence-corrected chi connectivity index (χ1v) is 6.34. The predicted molar refractivity (Wildman–Crippen MR) is 69.0 cm³/mol. The maximum Gasteiger partial charge on any atom is 0.237 e. The fraction of sp³-hybridized carbons (Fsp3) is 0.462. The Balaban J connectivity index is 1.99. The first-order chi connectivity index (χ1) is 8.18. The Labute approximate surface area is 107 Å². The van der Waals surface area contributed by atoms with E-state index in [1.807, 2.05) is 31.2 Å². The number of carbonyl (C=O) groups is 1. The number of halogens is 1. The lowest BCUT2D eigenvalue weighted by molar-refractivity contribution is -0.123. The largest absolute Gasteiger partial charge is 0.348 e. The van der Waals surface area contributed by atoms with Gasteiger partial charge < -0.3 is 10.6 Å². The number of amides is 1. The molecule has 2 atom stereocenters. The smallest absolute Gasteiger partial charge is 0.237 e. The van der Waals surface area contributed by atoms with E-state index in [0.29, 0.717) is 5.02 Å². The molecule has 1 aliphatic rings.